The normalized spacial score (nSPS) is 15.3. The number of nitrogens with two attached hydrogens (primary N) is 1. The molecule has 0 spiro atoms. The van der Waals surface area contributed by atoms with Gasteiger partial charge in [0.25, 0.3) is 5.91 Å². The molecule has 2 rings (SSSR count). The van der Waals surface area contributed by atoms with Gasteiger partial charge in [-0.1, -0.05) is 11.8 Å². The quantitative estimate of drug-likeness (QED) is 0.839. The molecule has 3 nitrogen and oxygen atoms in total. The van der Waals surface area contributed by atoms with Crippen LogP contribution in [0.1, 0.15) is 35.7 Å². The van der Waals surface area contributed by atoms with Gasteiger partial charge in [-0.2, -0.15) is 0 Å². The van der Waals surface area contributed by atoms with Crippen molar-refractivity contribution in [1.29, 1.82) is 0 Å². The van der Waals surface area contributed by atoms with E-state index in [0.29, 0.717) is 24.1 Å². The highest BCUT2D eigenvalue weighted by molar-refractivity contribution is 5.94. The van der Waals surface area contributed by atoms with Gasteiger partial charge in [-0.3, -0.25) is 4.79 Å². The van der Waals surface area contributed by atoms with Crippen molar-refractivity contribution in [1.82, 2.24) is 4.90 Å². The maximum absolute atomic E-state index is 12.3. The summed E-state index contributed by atoms with van der Waals surface area (Å²) in [6.45, 7) is 2.47. The Balaban J connectivity index is 2.06. The highest BCUT2D eigenvalue weighted by atomic mass is 16.2. The molecule has 1 aliphatic rings. The minimum absolute atomic E-state index is 0.0812. The molecule has 0 radical (unpaired) electrons. The van der Waals surface area contributed by atoms with Crippen molar-refractivity contribution < 1.29 is 4.79 Å². The van der Waals surface area contributed by atoms with E-state index in [-0.39, 0.29) is 5.91 Å². The number of carbonyl (C=O) groups excluding carboxylic acids is 1. The van der Waals surface area contributed by atoms with Gasteiger partial charge in [0.2, 0.25) is 0 Å². The molecule has 1 aliphatic carbocycles. The van der Waals surface area contributed by atoms with E-state index in [2.05, 4.69) is 18.8 Å². The van der Waals surface area contributed by atoms with Gasteiger partial charge in [-0.15, -0.1) is 0 Å². The third-order valence-electron chi connectivity index (χ3n) is 3.70. The smallest absolute Gasteiger partial charge is 0.253 e. The van der Waals surface area contributed by atoms with E-state index in [9.17, 15) is 4.79 Å². The Morgan fingerprint density at radius 3 is 2.58 bits per heavy atom. The first kappa shape index (κ1) is 13.6. The lowest BCUT2D eigenvalue weighted by molar-refractivity contribution is 0.0727. The Morgan fingerprint density at radius 2 is 2.05 bits per heavy atom. The van der Waals surface area contributed by atoms with Crippen molar-refractivity contribution in [2.45, 2.75) is 25.8 Å². The minimum Gasteiger partial charge on any atom is -0.339 e. The summed E-state index contributed by atoms with van der Waals surface area (Å²) >= 11 is 0. The first-order valence-electron chi connectivity index (χ1n) is 6.69. The molecule has 0 bridgehead atoms. The van der Waals surface area contributed by atoms with Crippen molar-refractivity contribution in [3.8, 4) is 11.8 Å². The summed E-state index contributed by atoms with van der Waals surface area (Å²) in [4.78, 5) is 14.2. The molecular formula is C16H20N2O. The molecule has 2 N–H and O–H groups in total. The lowest BCUT2D eigenvalue weighted by Crippen LogP contribution is -2.36. The Bertz CT molecular complexity index is 506. The lowest BCUT2D eigenvalue weighted by Gasteiger charge is -2.24. The fourth-order valence-electron chi connectivity index (χ4n) is 2.13. The molecule has 1 unspecified atom stereocenters. The standard InChI is InChI=1S/C16H20N2O/c1-12(14-9-10-14)18(2)16(19)15-7-5-13(6-8-15)4-3-11-17/h5-8,12,14H,9-11,17H2,1-2H3. The van der Waals surface area contributed by atoms with E-state index in [1.165, 1.54) is 12.8 Å². The van der Waals surface area contributed by atoms with Crippen LogP contribution in [0.2, 0.25) is 0 Å². The van der Waals surface area contributed by atoms with Gasteiger partial charge in [-0.05, 0) is 49.9 Å². The minimum atomic E-state index is 0.0812. The third-order valence-corrected chi connectivity index (χ3v) is 3.70. The summed E-state index contributed by atoms with van der Waals surface area (Å²) in [5.74, 6) is 6.52. The summed E-state index contributed by atoms with van der Waals surface area (Å²) < 4.78 is 0. The van der Waals surface area contributed by atoms with Crippen LogP contribution in [0.5, 0.6) is 0 Å². The second-order valence-corrected chi connectivity index (χ2v) is 5.08. The zero-order valence-electron chi connectivity index (χ0n) is 11.5. The summed E-state index contributed by atoms with van der Waals surface area (Å²) in [5.41, 5.74) is 6.93. The zero-order valence-corrected chi connectivity index (χ0v) is 11.5. The monoisotopic (exact) mass is 256 g/mol. The van der Waals surface area contributed by atoms with E-state index >= 15 is 0 Å². The van der Waals surface area contributed by atoms with E-state index < -0.39 is 0 Å². The Hall–Kier alpha value is -1.79. The van der Waals surface area contributed by atoms with Crippen molar-refractivity contribution in [2.75, 3.05) is 13.6 Å². The number of hydrogen-bond acceptors (Lipinski definition) is 2. The Morgan fingerprint density at radius 1 is 1.42 bits per heavy atom. The molecule has 1 aromatic carbocycles. The van der Waals surface area contributed by atoms with Crippen LogP contribution in [0.25, 0.3) is 0 Å². The third kappa shape index (κ3) is 3.36. The number of rotatable bonds is 3. The summed E-state index contributed by atoms with van der Waals surface area (Å²) in [6.07, 6.45) is 2.48. The van der Waals surface area contributed by atoms with Crippen LogP contribution < -0.4 is 5.73 Å². The molecule has 0 aromatic heterocycles. The largest absolute Gasteiger partial charge is 0.339 e. The van der Waals surface area contributed by atoms with Gasteiger partial charge in [-0.25, -0.2) is 0 Å². The number of amides is 1. The zero-order chi connectivity index (χ0) is 13.8. The molecule has 1 amide bonds. The van der Waals surface area contributed by atoms with Gasteiger partial charge in [0, 0.05) is 24.2 Å². The molecule has 1 aromatic rings. The maximum Gasteiger partial charge on any atom is 0.253 e. The fourth-order valence-corrected chi connectivity index (χ4v) is 2.13. The van der Waals surface area contributed by atoms with E-state index in [1.54, 1.807) is 0 Å². The van der Waals surface area contributed by atoms with Crippen molar-refractivity contribution in [3.05, 3.63) is 35.4 Å². The summed E-state index contributed by atoms with van der Waals surface area (Å²) in [6, 6.07) is 7.72. The first-order chi connectivity index (χ1) is 9.13. The number of hydrogen-bond donors (Lipinski definition) is 1. The topological polar surface area (TPSA) is 46.3 Å². The lowest BCUT2D eigenvalue weighted by atomic mass is 10.1. The van der Waals surface area contributed by atoms with Crippen LogP contribution in [0.15, 0.2) is 24.3 Å². The molecule has 1 fully saturated rings. The maximum atomic E-state index is 12.3. The predicted octanol–water partition coefficient (Wildman–Crippen LogP) is 1.87. The van der Waals surface area contributed by atoms with Gasteiger partial charge in [0.1, 0.15) is 0 Å². The number of nitrogens with zero attached hydrogens (tertiary/aromatic N) is 1. The average molecular weight is 256 g/mol. The van der Waals surface area contributed by atoms with Crippen LogP contribution in [-0.4, -0.2) is 30.4 Å². The number of carbonyl (C=O) groups is 1. The number of benzene rings is 1. The van der Waals surface area contributed by atoms with Crippen LogP contribution in [-0.2, 0) is 0 Å². The van der Waals surface area contributed by atoms with Crippen LogP contribution >= 0.6 is 0 Å². The van der Waals surface area contributed by atoms with Crippen molar-refractivity contribution in [3.63, 3.8) is 0 Å². The second kappa shape index (κ2) is 5.90. The highest BCUT2D eigenvalue weighted by Gasteiger charge is 2.32. The van der Waals surface area contributed by atoms with Crippen LogP contribution in [0, 0.1) is 17.8 Å². The Kier molecular flexibility index (Phi) is 4.24. The SMILES string of the molecule is CC(C1CC1)N(C)C(=O)c1ccc(C#CCN)cc1. The Labute approximate surface area is 114 Å². The van der Waals surface area contributed by atoms with Crippen molar-refractivity contribution >= 4 is 5.91 Å². The molecule has 0 saturated heterocycles. The first-order valence-corrected chi connectivity index (χ1v) is 6.69. The van der Waals surface area contributed by atoms with Gasteiger partial charge >= 0.3 is 0 Å². The average Bonchev–Trinajstić information content (AvgIpc) is 3.28. The molecule has 0 heterocycles. The van der Waals surface area contributed by atoms with Gasteiger partial charge in [0.15, 0.2) is 0 Å². The van der Waals surface area contributed by atoms with Gasteiger partial charge in [0.05, 0.1) is 6.54 Å². The molecule has 1 saturated carbocycles. The molecular weight excluding hydrogens is 236 g/mol. The van der Waals surface area contributed by atoms with E-state index in [4.69, 9.17) is 5.73 Å². The summed E-state index contributed by atoms with van der Waals surface area (Å²) in [5, 5.41) is 0. The van der Waals surface area contributed by atoms with Crippen LogP contribution in [0.4, 0.5) is 0 Å². The van der Waals surface area contributed by atoms with E-state index in [1.807, 2.05) is 36.2 Å². The predicted molar refractivity (Wildman–Crippen MR) is 76.7 cm³/mol. The molecule has 19 heavy (non-hydrogen) atoms. The van der Waals surface area contributed by atoms with Crippen molar-refractivity contribution in [2.24, 2.45) is 11.7 Å². The molecule has 100 valence electrons. The second-order valence-electron chi connectivity index (χ2n) is 5.08. The molecule has 1 atom stereocenters. The summed E-state index contributed by atoms with van der Waals surface area (Å²) in [7, 11) is 1.88. The van der Waals surface area contributed by atoms with Crippen LogP contribution in [0.3, 0.4) is 0 Å². The van der Waals surface area contributed by atoms with Gasteiger partial charge < -0.3 is 10.6 Å². The van der Waals surface area contributed by atoms with E-state index in [0.717, 1.165) is 5.56 Å². The fraction of sp³-hybridized carbons (Fsp3) is 0.438. The molecule has 3 heteroatoms. The highest BCUT2D eigenvalue weighted by Crippen LogP contribution is 2.35. The molecule has 0 aliphatic heterocycles.